The second-order valence-corrected chi connectivity index (χ2v) is 5.92. The summed E-state index contributed by atoms with van der Waals surface area (Å²) >= 11 is 0. The molecule has 1 aliphatic rings. The summed E-state index contributed by atoms with van der Waals surface area (Å²) in [7, 11) is 1.26. The van der Waals surface area contributed by atoms with E-state index in [1.54, 1.807) is 24.3 Å². The summed E-state index contributed by atoms with van der Waals surface area (Å²) in [5.74, 6) is -1.38. The Morgan fingerprint density at radius 3 is 2.52 bits per heavy atom. The van der Waals surface area contributed by atoms with E-state index in [1.165, 1.54) is 41.2 Å². The van der Waals surface area contributed by atoms with Crippen LogP contribution >= 0.6 is 0 Å². The van der Waals surface area contributed by atoms with Gasteiger partial charge in [0.25, 0.3) is 0 Å². The SMILES string of the molecule is COC(=O)c1ccccc1NC(=O)CN1CCN(c2ccc(F)cc2)C1=O. The number of carbonyl (C=O) groups is 3. The van der Waals surface area contributed by atoms with E-state index in [0.717, 1.165) is 0 Å². The molecule has 3 rings (SSSR count). The van der Waals surface area contributed by atoms with Gasteiger partial charge in [0.15, 0.2) is 0 Å². The van der Waals surface area contributed by atoms with Crippen LogP contribution in [0.15, 0.2) is 48.5 Å². The number of nitrogens with one attached hydrogen (secondary N) is 1. The molecule has 140 valence electrons. The number of methoxy groups -OCH3 is 1. The van der Waals surface area contributed by atoms with Crippen molar-refractivity contribution >= 4 is 29.3 Å². The van der Waals surface area contributed by atoms with E-state index in [2.05, 4.69) is 5.32 Å². The zero-order chi connectivity index (χ0) is 19.4. The molecule has 1 heterocycles. The monoisotopic (exact) mass is 371 g/mol. The van der Waals surface area contributed by atoms with Gasteiger partial charge in [0.1, 0.15) is 12.4 Å². The fourth-order valence-electron chi connectivity index (χ4n) is 2.83. The van der Waals surface area contributed by atoms with Crippen LogP contribution < -0.4 is 10.2 Å². The van der Waals surface area contributed by atoms with Crippen molar-refractivity contribution in [2.75, 3.05) is 37.0 Å². The number of nitrogens with zero attached hydrogens (tertiary/aromatic N) is 2. The van der Waals surface area contributed by atoms with Crippen molar-refractivity contribution in [3.63, 3.8) is 0 Å². The molecule has 1 aliphatic heterocycles. The highest BCUT2D eigenvalue weighted by Crippen LogP contribution is 2.21. The van der Waals surface area contributed by atoms with Crippen LogP contribution in [0.25, 0.3) is 0 Å². The summed E-state index contributed by atoms with van der Waals surface area (Å²) in [4.78, 5) is 39.5. The molecule has 0 radical (unpaired) electrons. The third kappa shape index (κ3) is 4.05. The van der Waals surface area contributed by atoms with Gasteiger partial charge < -0.3 is 15.0 Å². The van der Waals surface area contributed by atoms with Gasteiger partial charge in [0.05, 0.1) is 18.4 Å². The molecular formula is C19H18FN3O4. The van der Waals surface area contributed by atoms with E-state index in [9.17, 15) is 18.8 Å². The van der Waals surface area contributed by atoms with Crippen LogP contribution in [-0.4, -0.2) is 49.6 Å². The number of benzene rings is 2. The van der Waals surface area contributed by atoms with Crippen LogP contribution in [0.5, 0.6) is 0 Å². The fraction of sp³-hybridized carbons (Fsp3) is 0.211. The topological polar surface area (TPSA) is 79.0 Å². The van der Waals surface area contributed by atoms with E-state index < -0.39 is 11.9 Å². The molecule has 3 amide bonds. The Morgan fingerprint density at radius 1 is 1.11 bits per heavy atom. The zero-order valence-electron chi connectivity index (χ0n) is 14.6. The summed E-state index contributed by atoms with van der Waals surface area (Å²) in [6.07, 6.45) is 0. The first-order valence-corrected chi connectivity index (χ1v) is 8.29. The highest BCUT2D eigenvalue weighted by Gasteiger charge is 2.31. The average Bonchev–Trinajstić information content (AvgIpc) is 3.02. The average molecular weight is 371 g/mol. The highest BCUT2D eigenvalue weighted by molar-refractivity contribution is 6.03. The maximum atomic E-state index is 13.0. The lowest BCUT2D eigenvalue weighted by Gasteiger charge is -2.18. The van der Waals surface area contributed by atoms with E-state index in [0.29, 0.717) is 24.5 Å². The lowest BCUT2D eigenvalue weighted by atomic mass is 10.2. The summed E-state index contributed by atoms with van der Waals surface area (Å²) < 4.78 is 17.7. The summed E-state index contributed by atoms with van der Waals surface area (Å²) in [6.45, 7) is 0.602. The second-order valence-electron chi connectivity index (χ2n) is 5.92. The van der Waals surface area contributed by atoms with E-state index in [1.807, 2.05) is 0 Å². The van der Waals surface area contributed by atoms with Gasteiger partial charge in [0, 0.05) is 18.8 Å². The largest absolute Gasteiger partial charge is 0.465 e. The van der Waals surface area contributed by atoms with Crippen molar-refractivity contribution in [3.8, 4) is 0 Å². The van der Waals surface area contributed by atoms with Crippen molar-refractivity contribution in [2.24, 2.45) is 0 Å². The van der Waals surface area contributed by atoms with Gasteiger partial charge in [-0.05, 0) is 36.4 Å². The number of ether oxygens (including phenoxy) is 1. The molecule has 1 N–H and O–H groups in total. The number of anilines is 2. The second kappa shape index (κ2) is 7.86. The van der Waals surface area contributed by atoms with Crippen LogP contribution in [0, 0.1) is 5.82 Å². The first-order chi connectivity index (χ1) is 13.0. The predicted molar refractivity (Wildman–Crippen MR) is 97.1 cm³/mol. The smallest absolute Gasteiger partial charge is 0.339 e. The van der Waals surface area contributed by atoms with Crippen LogP contribution in [0.4, 0.5) is 20.6 Å². The van der Waals surface area contributed by atoms with E-state index >= 15 is 0 Å². The van der Waals surface area contributed by atoms with Crippen LogP contribution in [0.1, 0.15) is 10.4 Å². The normalized spacial score (nSPS) is 13.6. The number of halogens is 1. The quantitative estimate of drug-likeness (QED) is 0.819. The van der Waals surface area contributed by atoms with Crippen molar-refractivity contribution in [1.29, 1.82) is 0 Å². The summed E-state index contributed by atoms with van der Waals surface area (Å²) in [5, 5.41) is 2.63. The van der Waals surface area contributed by atoms with Gasteiger partial charge in [0.2, 0.25) is 5.91 Å². The van der Waals surface area contributed by atoms with Crippen LogP contribution in [0.2, 0.25) is 0 Å². The number of urea groups is 1. The standard InChI is InChI=1S/C19H18FN3O4/c1-27-18(25)15-4-2-3-5-16(15)21-17(24)12-22-10-11-23(19(22)26)14-8-6-13(20)7-9-14/h2-9H,10-12H2,1H3,(H,21,24). The molecule has 27 heavy (non-hydrogen) atoms. The summed E-state index contributed by atoms with van der Waals surface area (Å²) in [6, 6.07) is 11.7. The fourth-order valence-corrected chi connectivity index (χ4v) is 2.83. The molecule has 0 unspecified atom stereocenters. The molecular weight excluding hydrogens is 353 g/mol. The van der Waals surface area contributed by atoms with Gasteiger partial charge in [-0.25, -0.2) is 14.0 Å². The van der Waals surface area contributed by atoms with E-state index in [4.69, 9.17) is 4.74 Å². The van der Waals surface area contributed by atoms with Gasteiger partial charge >= 0.3 is 12.0 Å². The maximum absolute atomic E-state index is 13.0. The Balaban J connectivity index is 1.65. The minimum absolute atomic E-state index is 0.161. The predicted octanol–water partition coefficient (Wildman–Crippen LogP) is 2.49. The molecule has 1 fully saturated rings. The molecule has 1 saturated heterocycles. The molecule has 0 aliphatic carbocycles. The molecule has 8 heteroatoms. The lowest BCUT2D eigenvalue weighted by Crippen LogP contribution is -2.37. The number of amides is 3. The minimum Gasteiger partial charge on any atom is -0.465 e. The molecule has 0 bridgehead atoms. The number of hydrogen-bond acceptors (Lipinski definition) is 4. The number of rotatable bonds is 5. The van der Waals surface area contributed by atoms with Crippen molar-refractivity contribution in [3.05, 3.63) is 59.9 Å². The van der Waals surface area contributed by atoms with Crippen LogP contribution in [-0.2, 0) is 9.53 Å². The number of esters is 1. The van der Waals surface area contributed by atoms with E-state index in [-0.39, 0.29) is 24.0 Å². The Bertz CT molecular complexity index is 870. The number of hydrogen-bond donors (Lipinski definition) is 1. The van der Waals surface area contributed by atoms with Crippen molar-refractivity contribution in [1.82, 2.24) is 4.90 Å². The van der Waals surface area contributed by atoms with Gasteiger partial charge in [-0.15, -0.1) is 0 Å². The Labute approximate surface area is 155 Å². The lowest BCUT2D eigenvalue weighted by molar-refractivity contribution is -0.116. The maximum Gasteiger partial charge on any atom is 0.339 e. The molecule has 2 aromatic carbocycles. The molecule has 0 atom stereocenters. The number of carbonyl (C=O) groups excluding carboxylic acids is 3. The number of para-hydroxylation sites is 1. The molecule has 0 saturated carbocycles. The third-order valence-corrected chi connectivity index (χ3v) is 4.17. The summed E-state index contributed by atoms with van der Waals surface area (Å²) in [5.41, 5.74) is 1.12. The Kier molecular flexibility index (Phi) is 5.35. The Hall–Kier alpha value is -3.42. The van der Waals surface area contributed by atoms with Crippen molar-refractivity contribution < 1.29 is 23.5 Å². The molecule has 2 aromatic rings. The Morgan fingerprint density at radius 2 is 1.81 bits per heavy atom. The molecule has 0 spiro atoms. The van der Waals surface area contributed by atoms with Crippen LogP contribution in [0.3, 0.4) is 0 Å². The molecule has 0 aromatic heterocycles. The minimum atomic E-state index is -0.564. The first-order valence-electron chi connectivity index (χ1n) is 8.29. The van der Waals surface area contributed by atoms with Crippen molar-refractivity contribution in [2.45, 2.75) is 0 Å². The molecule has 7 nitrogen and oxygen atoms in total. The van der Waals surface area contributed by atoms with Gasteiger partial charge in [-0.2, -0.15) is 0 Å². The zero-order valence-corrected chi connectivity index (χ0v) is 14.6. The first kappa shape index (κ1) is 18.4. The highest BCUT2D eigenvalue weighted by atomic mass is 19.1. The van der Waals surface area contributed by atoms with Gasteiger partial charge in [-0.3, -0.25) is 9.69 Å². The van der Waals surface area contributed by atoms with Gasteiger partial charge in [-0.1, -0.05) is 12.1 Å². The third-order valence-electron chi connectivity index (χ3n) is 4.17.